The van der Waals surface area contributed by atoms with Crippen molar-refractivity contribution in [2.45, 2.75) is 19.9 Å². The van der Waals surface area contributed by atoms with Gasteiger partial charge in [0.05, 0.1) is 5.52 Å². The molecule has 1 heterocycles. The van der Waals surface area contributed by atoms with Gasteiger partial charge in [-0.3, -0.25) is 4.68 Å². The molecule has 2 radical (unpaired) electrons. The molecule has 0 fully saturated rings. The normalized spacial score (nSPS) is 11.5. The molecule has 2 N–H and O–H groups in total. The van der Waals surface area contributed by atoms with Gasteiger partial charge in [-0.1, -0.05) is 17.6 Å². The number of nitrogens with zero attached hydrogens (tertiary/aromatic N) is 2. The van der Waals surface area contributed by atoms with Gasteiger partial charge in [0.1, 0.15) is 14.4 Å². The first-order chi connectivity index (χ1) is 7.50. The third-order valence-corrected chi connectivity index (χ3v) is 2.47. The summed E-state index contributed by atoms with van der Waals surface area (Å²) in [4.78, 5) is 0. The predicted molar refractivity (Wildman–Crippen MR) is 60.3 cm³/mol. The molecule has 2 rings (SSSR count). The third kappa shape index (κ3) is 1.64. The van der Waals surface area contributed by atoms with Gasteiger partial charge < -0.3 is 5.73 Å². The van der Waals surface area contributed by atoms with E-state index in [0.29, 0.717) is 16.4 Å². The number of nitrogens with two attached hydrogens (primary N) is 1. The summed E-state index contributed by atoms with van der Waals surface area (Å²) in [7, 11) is 5.75. The van der Waals surface area contributed by atoms with Crippen LogP contribution in [0.5, 0.6) is 0 Å². The second-order valence-electron chi connectivity index (χ2n) is 3.65. The van der Waals surface area contributed by atoms with Crippen LogP contribution in [0.4, 0.5) is 14.6 Å². The number of hydrogen-bond donors (Lipinski definition) is 1. The maximum absolute atomic E-state index is 12.3. The highest BCUT2D eigenvalue weighted by atomic mass is 19.3. The molecule has 1 aromatic heterocycles. The number of fused-ring (bicyclic) bond motifs is 1. The zero-order valence-electron chi connectivity index (χ0n) is 8.74. The SMILES string of the molecule is [B]c1ccc(C)c2c(N)nn(CC(F)F)c12. The van der Waals surface area contributed by atoms with Gasteiger partial charge in [0.15, 0.2) is 5.82 Å². The van der Waals surface area contributed by atoms with Crippen molar-refractivity contribution in [2.24, 2.45) is 0 Å². The smallest absolute Gasteiger partial charge is 0.257 e. The zero-order valence-corrected chi connectivity index (χ0v) is 8.74. The van der Waals surface area contributed by atoms with E-state index in [2.05, 4.69) is 5.10 Å². The summed E-state index contributed by atoms with van der Waals surface area (Å²) in [5, 5.41) is 4.54. The first kappa shape index (κ1) is 10.9. The Morgan fingerprint density at radius 3 is 2.81 bits per heavy atom. The van der Waals surface area contributed by atoms with E-state index < -0.39 is 13.0 Å². The Hall–Kier alpha value is -1.59. The summed E-state index contributed by atoms with van der Waals surface area (Å²) in [6.07, 6.45) is -2.48. The van der Waals surface area contributed by atoms with Crippen molar-refractivity contribution < 1.29 is 8.78 Å². The molecule has 0 aliphatic rings. The lowest BCUT2D eigenvalue weighted by Gasteiger charge is -2.05. The van der Waals surface area contributed by atoms with Crippen LogP contribution in [0.2, 0.25) is 0 Å². The monoisotopic (exact) mass is 221 g/mol. The van der Waals surface area contributed by atoms with Crippen molar-refractivity contribution in [2.75, 3.05) is 5.73 Å². The Labute approximate surface area is 92.6 Å². The van der Waals surface area contributed by atoms with Crippen LogP contribution < -0.4 is 11.2 Å². The van der Waals surface area contributed by atoms with E-state index in [1.165, 1.54) is 0 Å². The number of rotatable bonds is 2. The van der Waals surface area contributed by atoms with E-state index in [9.17, 15) is 8.78 Å². The largest absolute Gasteiger partial charge is 0.382 e. The average molecular weight is 221 g/mol. The van der Waals surface area contributed by atoms with E-state index in [0.717, 1.165) is 10.2 Å². The average Bonchev–Trinajstić information content (AvgIpc) is 2.49. The number of nitrogen functional groups attached to an aromatic ring is 1. The zero-order chi connectivity index (χ0) is 11.9. The Morgan fingerprint density at radius 2 is 2.19 bits per heavy atom. The van der Waals surface area contributed by atoms with Gasteiger partial charge in [0, 0.05) is 5.39 Å². The summed E-state index contributed by atoms with van der Waals surface area (Å²) in [5.74, 6) is 0.237. The molecule has 0 saturated carbocycles. The van der Waals surface area contributed by atoms with Crippen LogP contribution in [0.3, 0.4) is 0 Å². The molecule has 0 aliphatic heterocycles. The summed E-state index contributed by atoms with van der Waals surface area (Å²) in [5.41, 5.74) is 7.46. The summed E-state index contributed by atoms with van der Waals surface area (Å²) < 4.78 is 25.9. The number of halogens is 2. The number of aromatic nitrogens is 2. The van der Waals surface area contributed by atoms with Gasteiger partial charge in [-0.2, -0.15) is 5.10 Å². The van der Waals surface area contributed by atoms with E-state index in [1.807, 2.05) is 6.92 Å². The second-order valence-corrected chi connectivity index (χ2v) is 3.65. The minimum Gasteiger partial charge on any atom is -0.382 e. The van der Waals surface area contributed by atoms with Crippen LogP contribution in [-0.4, -0.2) is 24.1 Å². The molecule has 0 aliphatic carbocycles. The van der Waals surface area contributed by atoms with Crippen LogP contribution in [0, 0.1) is 6.92 Å². The Balaban J connectivity index is 2.72. The van der Waals surface area contributed by atoms with Crippen molar-refractivity contribution in [3.05, 3.63) is 17.7 Å². The maximum atomic E-state index is 12.3. The summed E-state index contributed by atoms with van der Waals surface area (Å²) in [6, 6.07) is 3.46. The van der Waals surface area contributed by atoms with Crippen molar-refractivity contribution in [3.63, 3.8) is 0 Å². The number of hydrogen-bond acceptors (Lipinski definition) is 2. The van der Waals surface area contributed by atoms with Crippen LogP contribution in [0.25, 0.3) is 10.9 Å². The molecule has 0 unspecified atom stereocenters. The first-order valence-corrected chi connectivity index (χ1v) is 4.80. The fourth-order valence-corrected chi connectivity index (χ4v) is 1.80. The summed E-state index contributed by atoms with van der Waals surface area (Å²) in [6.45, 7) is 1.34. The quantitative estimate of drug-likeness (QED) is 0.768. The first-order valence-electron chi connectivity index (χ1n) is 4.80. The van der Waals surface area contributed by atoms with Gasteiger partial charge in [0.2, 0.25) is 0 Å². The molecule has 16 heavy (non-hydrogen) atoms. The molecule has 0 saturated heterocycles. The molecular weight excluding hydrogens is 211 g/mol. The van der Waals surface area contributed by atoms with Crippen molar-refractivity contribution in [3.8, 4) is 0 Å². The number of benzene rings is 1. The number of aryl methyl sites for hydroxylation is 1. The predicted octanol–water partition coefficient (Wildman–Crippen LogP) is 0.986. The molecular formula is C10H10BF2N3. The number of anilines is 1. The fourth-order valence-electron chi connectivity index (χ4n) is 1.80. The molecule has 2 aromatic rings. The standard InChI is InChI=1S/C10H10BF2N3/c1-5-2-3-6(11)9-8(5)10(14)15-16(9)4-7(12)13/h2-3,7H,4H2,1H3,(H2,14,15). The van der Waals surface area contributed by atoms with Crippen molar-refractivity contribution in [1.82, 2.24) is 9.78 Å². The minimum atomic E-state index is -2.48. The lowest BCUT2D eigenvalue weighted by molar-refractivity contribution is 0.123. The third-order valence-electron chi connectivity index (χ3n) is 2.47. The Kier molecular flexibility index (Phi) is 2.57. The van der Waals surface area contributed by atoms with Crippen LogP contribution >= 0.6 is 0 Å². The number of alkyl halides is 2. The molecule has 0 spiro atoms. The van der Waals surface area contributed by atoms with E-state index in [4.69, 9.17) is 13.6 Å². The van der Waals surface area contributed by atoms with E-state index >= 15 is 0 Å². The minimum absolute atomic E-state index is 0.237. The van der Waals surface area contributed by atoms with E-state index in [-0.39, 0.29) is 5.82 Å². The van der Waals surface area contributed by atoms with Gasteiger partial charge in [0.25, 0.3) is 6.43 Å². The van der Waals surface area contributed by atoms with E-state index in [1.54, 1.807) is 12.1 Å². The molecule has 6 heteroatoms. The highest BCUT2D eigenvalue weighted by Gasteiger charge is 2.14. The van der Waals surface area contributed by atoms with Gasteiger partial charge in [-0.15, -0.1) is 0 Å². The molecule has 0 bridgehead atoms. The van der Waals surface area contributed by atoms with Gasteiger partial charge in [-0.05, 0) is 12.5 Å². The molecule has 3 nitrogen and oxygen atoms in total. The fraction of sp³-hybridized carbons (Fsp3) is 0.300. The molecule has 1 aromatic carbocycles. The van der Waals surface area contributed by atoms with Crippen LogP contribution in [-0.2, 0) is 6.54 Å². The topological polar surface area (TPSA) is 43.8 Å². The van der Waals surface area contributed by atoms with Crippen molar-refractivity contribution in [1.29, 1.82) is 0 Å². The Bertz CT molecular complexity index is 536. The Morgan fingerprint density at radius 1 is 1.50 bits per heavy atom. The summed E-state index contributed by atoms with van der Waals surface area (Å²) >= 11 is 0. The van der Waals surface area contributed by atoms with Gasteiger partial charge in [-0.25, -0.2) is 8.78 Å². The lowest BCUT2D eigenvalue weighted by atomic mass is 9.92. The lowest BCUT2D eigenvalue weighted by Crippen LogP contribution is -2.14. The molecule has 0 atom stereocenters. The highest BCUT2D eigenvalue weighted by Crippen LogP contribution is 2.23. The highest BCUT2D eigenvalue weighted by molar-refractivity contribution is 6.38. The van der Waals surface area contributed by atoms with Gasteiger partial charge >= 0.3 is 0 Å². The van der Waals surface area contributed by atoms with Crippen LogP contribution in [0.1, 0.15) is 5.56 Å². The molecule has 82 valence electrons. The maximum Gasteiger partial charge on any atom is 0.257 e. The molecule has 0 amide bonds. The second kappa shape index (κ2) is 3.77. The van der Waals surface area contributed by atoms with Crippen molar-refractivity contribution >= 4 is 30.0 Å². The van der Waals surface area contributed by atoms with Crippen LogP contribution in [0.15, 0.2) is 12.1 Å².